The number of rotatable bonds is 10. The van der Waals surface area contributed by atoms with Gasteiger partial charge < -0.3 is 24.6 Å². The maximum absolute atomic E-state index is 12.0. The van der Waals surface area contributed by atoms with Crippen LogP contribution in [-0.2, 0) is 9.47 Å². The fourth-order valence-electron chi connectivity index (χ4n) is 1.66. The Morgan fingerprint density at radius 2 is 1.83 bits per heavy atom. The van der Waals surface area contributed by atoms with Crippen LogP contribution in [0.25, 0.3) is 0 Å². The molecule has 9 heteroatoms. The summed E-state index contributed by atoms with van der Waals surface area (Å²) in [7, 11) is 0. The van der Waals surface area contributed by atoms with Crippen molar-refractivity contribution in [2.75, 3.05) is 33.0 Å². The summed E-state index contributed by atoms with van der Waals surface area (Å²) in [6.45, 7) is 3.17. The largest absolute Gasteiger partial charge is 0.573 e. The maximum Gasteiger partial charge on any atom is 0.573 e. The van der Waals surface area contributed by atoms with Gasteiger partial charge in [-0.1, -0.05) is 0 Å². The Labute approximate surface area is 137 Å². The molecule has 1 amide bonds. The third kappa shape index (κ3) is 8.70. The zero-order chi connectivity index (χ0) is 18.0. The lowest BCUT2D eigenvalue weighted by molar-refractivity contribution is -0.274. The van der Waals surface area contributed by atoms with Gasteiger partial charge in [-0.15, -0.1) is 13.2 Å². The van der Waals surface area contributed by atoms with E-state index in [1.54, 1.807) is 0 Å². The van der Waals surface area contributed by atoms with E-state index in [4.69, 9.17) is 9.47 Å². The second kappa shape index (κ2) is 10.1. The average molecular weight is 351 g/mol. The van der Waals surface area contributed by atoms with Crippen LogP contribution in [0, 0.1) is 0 Å². The van der Waals surface area contributed by atoms with Crippen molar-refractivity contribution in [1.82, 2.24) is 5.32 Å². The van der Waals surface area contributed by atoms with E-state index in [1.165, 1.54) is 12.1 Å². The van der Waals surface area contributed by atoms with E-state index in [0.29, 0.717) is 19.8 Å². The van der Waals surface area contributed by atoms with Crippen molar-refractivity contribution in [3.8, 4) is 5.75 Å². The van der Waals surface area contributed by atoms with Crippen molar-refractivity contribution in [3.05, 3.63) is 29.8 Å². The lowest BCUT2D eigenvalue weighted by Crippen LogP contribution is -2.34. The zero-order valence-corrected chi connectivity index (χ0v) is 13.1. The van der Waals surface area contributed by atoms with Crippen molar-refractivity contribution >= 4 is 5.91 Å². The molecule has 1 atom stereocenters. The Hall–Kier alpha value is -1.84. The molecule has 24 heavy (non-hydrogen) atoms. The van der Waals surface area contributed by atoms with Crippen LogP contribution in [0.5, 0.6) is 5.75 Å². The highest BCUT2D eigenvalue weighted by atomic mass is 19.4. The minimum atomic E-state index is -4.78. The lowest BCUT2D eigenvalue weighted by Gasteiger charge is -2.13. The number of aliphatic hydroxyl groups is 1. The minimum Gasteiger partial charge on any atom is -0.406 e. The summed E-state index contributed by atoms with van der Waals surface area (Å²) in [4.78, 5) is 11.8. The van der Waals surface area contributed by atoms with Gasteiger partial charge in [-0.25, -0.2) is 0 Å². The summed E-state index contributed by atoms with van der Waals surface area (Å²) in [5.41, 5.74) is 0.147. The van der Waals surface area contributed by atoms with Gasteiger partial charge in [0.2, 0.25) is 0 Å². The molecule has 6 nitrogen and oxygen atoms in total. The predicted molar refractivity (Wildman–Crippen MR) is 78.8 cm³/mol. The fourth-order valence-corrected chi connectivity index (χ4v) is 1.66. The number of carbonyl (C=O) groups excluding carboxylic acids is 1. The first kappa shape index (κ1) is 20.2. The van der Waals surface area contributed by atoms with Crippen molar-refractivity contribution < 1.29 is 37.3 Å². The van der Waals surface area contributed by atoms with Crippen LogP contribution in [0.15, 0.2) is 24.3 Å². The fraction of sp³-hybridized carbons (Fsp3) is 0.533. The van der Waals surface area contributed by atoms with Crippen molar-refractivity contribution in [3.63, 3.8) is 0 Å². The molecule has 0 fully saturated rings. The number of ether oxygens (including phenoxy) is 3. The summed E-state index contributed by atoms with van der Waals surface area (Å²) >= 11 is 0. The first-order valence-electron chi connectivity index (χ1n) is 7.29. The summed E-state index contributed by atoms with van der Waals surface area (Å²) in [5, 5.41) is 12.1. The maximum atomic E-state index is 12.0. The molecular weight excluding hydrogens is 331 g/mol. The SMILES string of the molecule is CCOCCOC[C@H](O)CNC(=O)c1ccc(OC(F)(F)F)cc1. The monoisotopic (exact) mass is 351 g/mol. The Morgan fingerprint density at radius 3 is 2.42 bits per heavy atom. The average Bonchev–Trinajstić information content (AvgIpc) is 2.51. The molecule has 1 aromatic rings. The molecule has 0 spiro atoms. The molecule has 0 saturated carbocycles. The van der Waals surface area contributed by atoms with Gasteiger partial charge in [-0.05, 0) is 31.2 Å². The van der Waals surface area contributed by atoms with Crippen LogP contribution in [-0.4, -0.2) is 56.5 Å². The molecule has 0 aliphatic heterocycles. The molecule has 1 aromatic carbocycles. The second-order valence-electron chi connectivity index (χ2n) is 4.71. The van der Waals surface area contributed by atoms with Gasteiger partial charge in [0.1, 0.15) is 5.75 Å². The molecule has 136 valence electrons. The van der Waals surface area contributed by atoms with Crippen molar-refractivity contribution in [2.24, 2.45) is 0 Å². The number of aliphatic hydroxyl groups excluding tert-OH is 1. The van der Waals surface area contributed by atoms with Crippen LogP contribution in [0.1, 0.15) is 17.3 Å². The van der Waals surface area contributed by atoms with Crippen molar-refractivity contribution in [2.45, 2.75) is 19.4 Å². The summed E-state index contributed by atoms with van der Waals surface area (Å²) in [6.07, 6.45) is -5.68. The molecule has 0 saturated heterocycles. The first-order valence-corrected chi connectivity index (χ1v) is 7.29. The number of amides is 1. The van der Waals surface area contributed by atoms with Crippen molar-refractivity contribution in [1.29, 1.82) is 0 Å². The first-order chi connectivity index (χ1) is 11.3. The number of carbonyl (C=O) groups is 1. The Bertz CT molecular complexity index is 493. The van der Waals surface area contributed by atoms with E-state index in [0.717, 1.165) is 12.1 Å². The van der Waals surface area contributed by atoms with Crippen LogP contribution in [0.3, 0.4) is 0 Å². The Balaban J connectivity index is 2.32. The number of alkyl halides is 3. The zero-order valence-electron chi connectivity index (χ0n) is 13.1. The van der Waals surface area contributed by atoms with Crippen LogP contribution >= 0.6 is 0 Å². The van der Waals surface area contributed by atoms with Gasteiger partial charge in [0.15, 0.2) is 0 Å². The number of nitrogens with one attached hydrogen (secondary N) is 1. The van der Waals surface area contributed by atoms with Gasteiger partial charge in [-0.2, -0.15) is 0 Å². The normalized spacial score (nSPS) is 12.7. The number of hydrogen-bond donors (Lipinski definition) is 2. The van der Waals surface area contributed by atoms with E-state index < -0.39 is 24.1 Å². The van der Waals surface area contributed by atoms with Gasteiger partial charge in [0, 0.05) is 18.7 Å². The molecule has 0 aromatic heterocycles. The van der Waals surface area contributed by atoms with Gasteiger partial charge >= 0.3 is 6.36 Å². The highest BCUT2D eigenvalue weighted by Gasteiger charge is 2.31. The number of halogens is 3. The molecule has 0 unspecified atom stereocenters. The molecular formula is C15H20F3NO5. The summed E-state index contributed by atoms with van der Waals surface area (Å²) in [5.74, 6) is -0.941. The Kier molecular flexibility index (Phi) is 8.51. The van der Waals surface area contributed by atoms with Gasteiger partial charge in [-0.3, -0.25) is 4.79 Å². The third-order valence-corrected chi connectivity index (χ3v) is 2.73. The van der Waals surface area contributed by atoms with Gasteiger partial charge in [0.05, 0.1) is 25.9 Å². The Morgan fingerprint density at radius 1 is 1.21 bits per heavy atom. The second-order valence-corrected chi connectivity index (χ2v) is 4.71. The quantitative estimate of drug-likeness (QED) is 0.628. The van der Waals surface area contributed by atoms with Crippen LogP contribution in [0.4, 0.5) is 13.2 Å². The van der Waals surface area contributed by atoms with E-state index >= 15 is 0 Å². The van der Waals surface area contributed by atoms with E-state index in [9.17, 15) is 23.1 Å². The predicted octanol–water partition coefficient (Wildman–Crippen LogP) is 1.73. The molecule has 1 rings (SSSR count). The molecule has 0 bridgehead atoms. The lowest BCUT2D eigenvalue weighted by atomic mass is 10.2. The van der Waals surface area contributed by atoms with E-state index in [-0.39, 0.29) is 18.7 Å². The highest BCUT2D eigenvalue weighted by molar-refractivity contribution is 5.94. The summed E-state index contributed by atoms with van der Waals surface area (Å²) < 4.78 is 50.0. The number of benzene rings is 1. The molecule has 0 aliphatic rings. The van der Waals surface area contributed by atoms with E-state index in [1.807, 2.05) is 6.92 Å². The molecule has 0 radical (unpaired) electrons. The van der Waals surface area contributed by atoms with Gasteiger partial charge in [0.25, 0.3) is 5.91 Å². The standard InChI is InChI=1S/C15H20F3NO5/c1-2-22-7-8-23-10-12(20)9-19-14(21)11-3-5-13(6-4-11)24-15(16,17)18/h3-6,12,20H,2,7-10H2,1H3,(H,19,21)/t12-/m1/s1. The number of hydrogen-bond acceptors (Lipinski definition) is 5. The summed E-state index contributed by atoms with van der Waals surface area (Å²) in [6, 6.07) is 4.47. The molecule has 0 aliphatic carbocycles. The van der Waals surface area contributed by atoms with Crippen LogP contribution < -0.4 is 10.1 Å². The highest BCUT2D eigenvalue weighted by Crippen LogP contribution is 2.22. The topological polar surface area (TPSA) is 77.0 Å². The smallest absolute Gasteiger partial charge is 0.406 e. The molecule has 2 N–H and O–H groups in total. The van der Waals surface area contributed by atoms with Crippen LogP contribution in [0.2, 0.25) is 0 Å². The third-order valence-electron chi connectivity index (χ3n) is 2.73. The minimum absolute atomic E-state index is 0.0334. The molecule has 0 heterocycles. The van der Waals surface area contributed by atoms with E-state index in [2.05, 4.69) is 10.1 Å².